The smallest absolute Gasteiger partial charge is 0.326 e. The largest absolute Gasteiger partial charge is 0.464 e. The molecule has 0 saturated carbocycles. The first-order valence-corrected chi connectivity index (χ1v) is 9.35. The molecule has 1 atom stereocenters. The van der Waals surface area contributed by atoms with Crippen LogP contribution in [0.15, 0.2) is 4.79 Å². The van der Waals surface area contributed by atoms with E-state index >= 15 is 0 Å². The zero-order valence-corrected chi connectivity index (χ0v) is 15.5. The van der Waals surface area contributed by atoms with E-state index in [1.54, 1.807) is 18.3 Å². The third-order valence-corrected chi connectivity index (χ3v) is 5.62. The first-order valence-electron chi connectivity index (χ1n) is 8.54. The quantitative estimate of drug-likeness (QED) is 0.797. The lowest BCUT2D eigenvalue weighted by atomic mass is 9.89. The minimum Gasteiger partial charge on any atom is -0.464 e. The van der Waals surface area contributed by atoms with Crippen LogP contribution in [0.4, 0.5) is 0 Å². The molecule has 6 heteroatoms. The van der Waals surface area contributed by atoms with E-state index in [4.69, 9.17) is 4.74 Å². The number of nitrogens with zero attached hydrogens (tertiary/aromatic N) is 2. The Morgan fingerprint density at radius 1 is 1.46 bits per heavy atom. The van der Waals surface area contributed by atoms with Gasteiger partial charge in [-0.3, -0.25) is 14.2 Å². The fourth-order valence-electron chi connectivity index (χ4n) is 3.15. The van der Waals surface area contributed by atoms with Gasteiger partial charge in [-0.1, -0.05) is 20.8 Å². The maximum atomic E-state index is 13.0. The molecule has 1 aliphatic rings. The van der Waals surface area contributed by atoms with E-state index in [9.17, 15) is 9.59 Å². The van der Waals surface area contributed by atoms with Crippen molar-refractivity contribution in [2.24, 2.45) is 11.8 Å². The fraction of sp³-hybridized carbons (Fsp3) is 0.611. The van der Waals surface area contributed by atoms with Gasteiger partial charge in [-0.2, -0.15) is 0 Å². The maximum absolute atomic E-state index is 13.0. The number of fused-ring (bicyclic) bond motifs is 3. The van der Waals surface area contributed by atoms with Gasteiger partial charge in [-0.15, -0.1) is 11.3 Å². The van der Waals surface area contributed by atoms with E-state index in [1.165, 1.54) is 9.44 Å². The van der Waals surface area contributed by atoms with Crippen LogP contribution in [-0.4, -0.2) is 22.1 Å². The van der Waals surface area contributed by atoms with Gasteiger partial charge in [-0.05, 0) is 43.6 Å². The molecule has 1 aliphatic carbocycles. The first kappa shape index (κ1) is 17.1. The number of rotatable bonds is 4. The Morgan fingerprint density at radius 2 is 2.21 bits per heavy atom. The Morgan fingerprint density at radius 3 is 2.92 bits per heavy atom. The molecule has 2 aromatic heterocycles. The summed E-state index contributed by atoms with van der Waals surface area (Å²) in [7, 11) is 0. The summed E-state index contributed by atoms with van der Waals surface area (Å²) in [5.74, 6) is 1.12. The average molecular weight is 348 g/mol. The lowest BCUT2D eigenvalue weighted by molar-refractivity contribution is -0.145. The van der Waals surface area contributed by atoms with Crippen molar-refractivity contribution in [3.8, 4) is 0 Å². The van der Waals surface area contributed by atoms with Crippen molar-refractivity contribution in [3.63, 3.8) is 0 Å². The van der Waals surface area contributed by atoms with Gasteiger partial charge in [0.15, 0.2) is 0 Å². The number of aryl methyl sites for hydroxylation is 2. The third-order valence-electron chi connectivity index (χ3n) is 4.47. The summed E-state index contributed by atoms with van der Waals surface area (Å²) in [6.45, 7) is 8.29. The van der Waals surface area contributed by atoms with Gasteiger partial charge in [-0.25, -0.2) is 4.98 Å². The summed E-state index contributed by atoms with van der Waals surface area (Å²) in [6.07, 6.45) is 3.04. The van der Waals surface area contributed by atoms with E-state index in [0.29, 0.717) is 23.7 Å². The van der Waals surface area contributed by atoms with Gasteiger partial charge in [0.1, 0.15) is 17.2 Å². The Labute approximate surface area is 145 Å². The van der Waals surface area contributed by atoms with Gasteiger partial charge in [0.05, 0.1) is 12.0 Å². The van der Waals surface area contributed by atoms with Crippen LogP contribution in [0, 0.1) is 18.8 Å². The van der Waals surface area contributed by atoms with Gasteiger partial charge in [0.2, 0.25) is 0 Å². The van der Waals surface area contributed by atoms with E-state index in [-0.39, 0.29) is 24.0 Å². The Bertz CT molecular complexity index is 835. The van der Waals surface area contributed by atoms with Gasteiger partial charge < -0.3 is 4.74 Å². The molecule has 2 aromatic rings. The third kappa shape index (κ3) is 3.24. The van der Waals surface area contributed by atoms with Crippen LogP contribution in [-0.2, 0) is 28.9 Å². The molecule has 0 radical (unpaired) electrons. The molecular formula is C18H24N2O3S. The Kier molecular flexibility index (Phi) is 4.76. The fourth-order valence-corrected chi connectivity index (χ4v) is 4.56. The van der Waals surface area contributed by atoms with Crippen LogP contribution in [0.2, 0.25) is 0 Å². The first-order chi connectivity index (χ1) is 11.4. The second-order valence-electron chi connectivity index (χ2n) is 7.16. The molecule has 5 nitrogen and oxygen atoms in total. The van der Waals surface area contributed by atoms with Crippen molar-refractivity contribution in [3.05, 3.63) is 26.6 Å². The van der Waals surface area contributed by atoms with Crippen molar-refractivity contribution < 1.29 is 9.53 Å². The summed E-state index contributed by atoms with van der Waals surface area (Å²) in [4.78, 5) is 31.7. The predicted molar refractivity (Wildman–Crippen MR) is 95.6 cm³/mol. The number of hydrogen-bond acceptors (Lipinski definition) is 5. The molecule has 0 fully saturated rings. The zero-order valence-electron chi connectivity index (χ0n) is 14.7. The summed E-state index contributed by atoms with van der Waals surface area (Å²) in [5.41, 5.74) is 1.04. The summed E-state index contributed by atoms with van der Waals surface area (Å²) < 4.78 is 6.67. The highest BCUT2D eigenvalue weighted by atomic mass is 32.1. The normalized spacial score (nSPS) is 17.3. The minimum atomic E-state index is -0.382. The van der Waals surface area contributed by atoms with E-state index in [1.807, 2.05) is 13.8 Å². The monoisotopic (exact) mass is 348 g/mol. The van der Waals surface area contributed by atoms with Crippen molar-refractivity contribution >= 4 is 27.5 Å². The molecular weight excluding hydrogens is 324 g/mol. The second-order valence-corrected chi connectivity index (χ2v) is 8.24. The highest BCUT2D eigenvalue weighted by Crippen LogP contribution is 2.35. The van der Waals surface area contributed by atoms with Gasteiger partial charge in [0, 0.05) is 4.88 Å². The number of carbonyl (C=O) groups is 1. The van der Waals surface area contributed by atoms with Crippen molar-refractivity contribution in [2.45, 2.75) is 53.5 Å². The molecule has 0 amide bonds. The summed E-state index contributed by atoms with van der Waals surface area (Å²) >= 11 is 1.63. The molecule has 0 aliphatic heterocycles. The van der Waals surface area contributed by atoms with Crippen LogP contribution >= 0.6 is 11.3 Å². The topological polar surface area (TPSA) is 61.2 Å². The Balaban J connectivity index is 1.97. The highest BCUT2D eigenvalue weighted by Gasteiger charge is 2.24. The maximum Gasteiger partial charge on any atom is 0.326 e. The molecule has 0 aromatic carbocycles. The van der Waals surface area contributed by atoms with E-state index in [0.717, 1.165) is 29.7 Å². The average Bonchev–Trinajstić information content (AvgIpc) is 2.86. The molecule has 3 rings (SSSR count). The number of carbonyl (C=O) groups excluding carboxylic acids is 1. The van der Waals surface area contributed by atoms with Crippen molar-refractivity contribution in [2.75, 3.05) is 6.61 Å². The Hall–Kier alpha value is -1.69. The molecule has 130 valence electrons. The summed E-state index contributed by atoms with van der Waals surface area (Å²) in [5, 5.41) is 0.712. The lowest BCUT2D eigenvalue weighted by Crippen LogP contribution is -2.29. The highest BCUT2D eigenvalue weighted by molar-refractivity contribution is 7.18. The second kappa shape index (κ2) is 6.67. The number of thiophene rings is 1. The van der Waals surface area contributed by atoms with Crippen LogP contribution in [0.25, 0.3) is 10.2 Å². The van der Waals surface area contributed by atoms with Crippen LogP contribution in [0.5, 0.6) is 0 Å². The summed E-state index contributed by atoms with van der Waals surface area (Å²) in [6, 6.07) is 0. The number of hydrogen-bond donors (Lipinski definition) is 0. The molecule has 0 bridgehead atoms. The molecule has 24 heavy (non-hydrogen) atoms. The van der Waals surface area contributed by atoms with Crippen LogP contribution < -0.4 is 5.56 Å². The van der Waals surface area contributed by atoms with Gasteiger partial charge >= 0.3 is 5.97 Å². The van der Waals surface area contributed by atoms with Crippen LogP contribution in [0.3, 0.4) is 0 Å². The molecule has 2 heterocycles. The standard InChI is InChI=1S/C18H24N2O3S/c1-10(2)9-23-15(21)8-20-12(4)19-17-16(18(20)22)13-6-5-11(3)7-14(13)24-17/h10-11H,5-9H2,1-4H3. The van der Waals surface area contributed by atoms with E-state index in [2.05, 4.69) is 11.9 Å². The zero-order chi connectivity index (χ0) is 17.4. The lowest BCUT2D eigenvalue weighted by Gasteiger charge is -2.17. The molecule has 1 unspecified atom stereocenters. The number of ether oxygens (including phenoxy) is 1. The predicted octanol–water partition coefficient (Wildman–Crippen LogP) is 3.09. The molecule has 0 N–H and O–H groups in total. The van der Waals surface area contributed by atoms with Crippen molar-refractivity contribution in [1.29, 1.82) is 0 Å². The molecule has 0 saturated heterocycles. The number of esters is 1. The molecule has 0 spiro atoms. The SMILES string of the molecule is Cc1nc2sc3c(c2c(=O)n1CC(=O)OCC(C)C)CCC(C)C3. The minimum absolute atomic E-state index is 0.0681. The van der Waals surface area contributed by atoms with Crippen molar-refractivity contribution in [1.82, 2.24) is 9.55 Å². The van der Waals surface area contributed by atoms with Crippen LogP contribution in [0.1, 0.15) is 43.5 Å². The van der Waals surface area contributed by atoms with E-state index < -0.39 is 0 Å². The number of aromatic nitrogens is 2. The van der Waals surface area contributed by atoms with Gasteiger partial charge in [0.25, 0.3) is 5.56 Å².